The van der Waals surface area contributed by atoms with Crippen LogP contribution in [0.2, 0.25) is 10.0 Å². The molecule has 3 aromatic rings. The maximum atomic E-state index is 14.3. The Morgan fingerprint density at radius 2 is 1.43 bits per heavy atom. The van der Waals surface area contributed by atoms with Crippen molar-refractivity contribution in [2.24, 2.45) is 0 Å². The van der Waals surface area contributed by atoms with Crippen molar-refractivity contribution < 1.29 is 8.78 Å². The highest BCUT2D eigenvalue weighted by Gasteiger charge is 2.21. The SMILES string of the molecule is Cc1ncc(Cl)c(-c2c(F)cccc2F)c1-c1ccc(Cl)cc1. The second-order valence-corrected chi connectivity index (χ2v) is 5.89. The minimum Gasteiger partial charge on any atom is -0.259 e. The molecule has 116 valence electrons. The number of hydrogen-bond acceptors (Lipinski definition) is 1. The fourth-order valence-electron chi connectivity index (χ4n) is 2.53. The Morgan fingerprint density at radius 3 is 2.04 bits per heavy atom. The van der Waals surface area contributed by atoms with Gasteiger partial charge in [0.2, 0.25) is 0 Å². The maximum Gasteiger partial charge on any atom is 0.134 e. The van der Waals surface area contributed by atoms with Crippen molar-refractivity contribution in [2.45, 2.75) is 6.92 Å². The molecule has 1 heterocycles. The molecule has 1 nitrogen and oxygen atoms in total. The number of halogens is 4. The summed E-state index contributed by atoms with van der Waals surface area (Å²) in [5.74, 6) is -1.35. The van der Waals surface area contributed by atoms with Gasteiger partial charge in [0.25, 0.3) is 0 Å². The first-order valence-corrected chi connectivity index (χ1v) is 7.60. The molecular weight excluding hydrogens is 339 g/mol. The van der Waals surface area contributed by atoms with Crippen LogP contribution >= 0.6 is 23.2 Å². The van der Waals surface area contributed by atoms with E-state index < -0.39 is 11.6 Å². The molecule has 0 atom stereocenters. The summed E-state index contributed by atoms with van der Waals surface area (Å²) in [6, 6.07) is 10.7. The second kappa shape index (κ2) is 6.26. The van der Waals surface area contributed by atoms with Crippen molar-refractivity contribution in [2.75, 3.05) is 0 Å². The van der Waals surface area contributed by atoms with Crippen LogP contribution in [0.15, 0.2) is 48.7 Å². The van der Waals surface area contributed by atoms with Gasteiger partial charge < -0.3 is 0 Å². The highest BCUT2D eigenvalue weighted by atomic mass is 35.5. The summed E-state index contributed by atoms with van der Waals surface area (Å²) in [4.78, 5) is 4.21. The normalized spacial score (nSPS) is 10.8. The average Bonchev–Trinajstić information content (AvgIpc) is 2.52. The maximum absolute atomic E-state index is 14.3. The van der Waals surface area contributed by atoms with E-state index >= 15 is 0 Å². The highest BCUT2D eigenvalue weighted by molar-refractivity contribution is 6.34. The molecule has 1 aromatic heterocycles. The van der Waals surface area contributed by atoms with Crippen molar-refractivity contribution in [3.63, 3.8) is 0 Å². The summed E-state index contributed by atoms with van der Waals surface area (Å²) < 4.78 is 28.5. The molecule has 0 aliphatic carbocycles. The molecule has 0 saturated carbocycles. The summed E-state index contributed by atoms with van der Waals surface area (Å²) in [7, 11) is 0. The van der Waals surface area contributed by atoms with E-state index in [4.69, 9.17) is 23.2 Å². The van der Waals surface area contributed by atoms with Crippen LogP contribution in [0.25, 0.3) is 22.3 Å². The van der Waals surface area contributed by atoms with Crippen molar-refractivity contribution in [3.8, 4) is 22.3 Å². The number of pyridine rings is 1. The summed E-state index contributed by atoms with van der Waals surface area (Å²) in [5, 5.41) is 0.754. The smallest absolute Gasteiger partial charge is 0.134 e. The third-order valence-corrected chi connectivity index (χ3v) is 4.11. The van der Waals surface area contributed by atoms with E-state index in [0.29, 0.717) is 16.3 Å². The Balaban J connectivity index is 2.37. The molecule has 0 fully saturated rings. The molecule has 23 heavy (non-hydrogen) atoms. The summed E-state index contributed by atoms with van der Waals surface area (Å²) >= 11 is 12.2. The molecule has 0 spiro atoms. The minimum absolute atomic E-state index is 0.159. The van der Waals surface area contributed by atoms with Gasteiger partial charge in [-0.2, -0.15) is 0 Å². The lowest BCUT2D eigenvalue weighted by Gasteiger charge is -2.15. The third kappa shape index (κ3) is 2.94. The number of aryl methyl sites for hydroxylation is 1. The van der Waals surface area contributed by atoms with E-state index in [1.807, 2.05) is 0 Å². The van der Waals surface area contributed by atoms with Crippen molar-refractivity contribution in [1.82, 2.24) is 4.98 Å². The van der Waals surface area contributed by atoms with Gasteiger partial charge in [-0.15, -0.1) is 0 Å². The van der Waals surface area contributed by atoms with Gasteiger partial charge in [0.15, 0.2) is 0 Å². The summed E-state index contributed by atoms with van der Waals surface area (Å²) in [6.45, 7) is 1.77. The van der Waals surface area contributed by atoms with Crippen LogP contribution in [0.5, 0.6) is 0 Å². The predicted octanol–water partition coefficient (Wildman–Crippen LogP) is 6.31. The topological polar surface area (TPSA) is 12.9 Å². The number of rotatable bonds is 2. The standard InChI is InChI=1S/C18H11Cl2F2N/c1-10-16(11-5-7-12(19)8-6-11)17(13(20)9-23-10)18-14(21)3-2-4-15(18)22/h2-9H,1H3. The van der Waals surface area contributed by atoms with E-state index in [1.54, 1.807) is 31.2 Å². The zero-order chi connectivity index (χ0) is 16.6. The molecule has 0 aliphatic heterocycles. The van der Waals surface area contributed by atoms with E-state index in [-0.39, 0.29) is 16.1 Å². The van der Waals surface area contributed by atoms with Crippen LogP contribution in [0, 0.1) is 18.6 Å². The van der Waals surface area contributed by atoms with E-state index in [9.17, 15) is 8.78 Å². The summed E-state index contributed by atoms with van der Waals surface area (Å²) in [6.07, 6.45) is 1.40. The van der Waals surface area contributed by atoms with Gasteiger partial charge in [0.1, 0.15) is 11.6 Å². The number of benzene rings is 2. The van der Waals surface area contributed by atoms with Gasteiger partial charge in [-0.1, -0.05) is 41.4 Å². The molecule has 0 N–H and O–H groups in total. The van der Waals surface area contributed by atoms with Gasteiger partial charge in [-0.05, 0) is 36.8 Å². The lowest BCUT2D eigenvalue weighted by Crippen LogP contribution is -1.98. The molecule has 0 amide bonds. The monoisotopic (exact) mass is 349 g/mol. The molecule has 0 saturated heterocycles. The van der Waals surface area contributed by atoms with Crippen LogP contribution in [-0.2, 0) is 0 Å². The Labute approximate surface area is 142 Å². The van der Waals surface area contributed by atoms with Crippen molar-refractivity contribution in [1.29, 1.82) is 0 Å². The Bertz CT molecular complexity index is 857. The lowest BCUT2D eigenvalue weighted by molar-refractivity contribution is 0.589. The van der Waals surface area contributed by atoms with Gasteiger partial charge in [-0.25, -0.2) is 8.78 Å². The van der Waals surface area contributed by atoms with Crippen LogP contribution in [0.3, 0.4) is 0 Å². The predicted molar refractivity (Wildman–Crippen MR) is 89.8 cm³/mol. The van der Waals surface area contributed by atoms with Gasteiger partial charge in [0, 0.05) is 28.0 Å². The first kappa shape index (κ1) is 15.9. The molecule has 0 aliphatic rings. The number of aromatic nitrogens is 1. The van der Waals surface area contributed by atoms with Crippen molar-refractivity contribution >= 4 is 23.2 Å². The van der Waals surface area contributed by atoms with Crippen LogP contribution < -0.4 is 0 Å². The van der Waals surface area contributed by atoms with E-state index in [1.165, 1.54) is 24.4 Å². The lowest BCUT2D eigenvalue weighted by atomic mass is 9.93. The molecule has 0 bridgehead atoms. The first-order chi connectivity index (χ1) is 11.0. The van der Waals surface area contributed by atoms with E-state index in [2.05, 4.69) is 4.98 Å². The Kier molecular flexibility index (Phi) is 4.33. The van der Waals surface area contributed by atoms with E-state index in [0.717, 1.165) is 5.56 Å². The molecule has 3 rings (SSSR count). The van der Waals surface area contributed by atoms with Crippen LogP contribution in [0.1, 0.15) is 5.69 Å². The zero-order valence-corrected chi connectivity index (χ0v) is 13.6. The van der Waals surface area contributed by atoms with Crippen LogP contribution in [-0.4, -0.2) is 4.98 Å². The Hall–Kier alpha value is -1.97. The third-order valence-electron chi connectivity index (χ3n) is 3.57. The molecule has 0 radical (unpaired) electrons. The molecule has 2 aromatic carbocycles. The van der Waals surface area contributed by atoms with Gasteiger partial charge in [-0.3, -0.25) is 4.98 Å². The minimum atomic E-state index is -0.673. The van der Waals surface area contributed by atoms with Gasteiger partial charge in [0.05, 0.1) is 10.6 Å². The fraction of sp³-hybridized carbons (Fsp3) is 0.0556. The average molecular weight is 350 g/mol. The largest absolute Gasteiger partial charge is 0.259 e. The number of hydrogen-bond donors (Lipinski definition) is 0. The van der Waals surface area contributed by atoms with Crippen molar-refractivity contribution in [3.05, 3.63) is 76.0 Å². The molecule has 5 heteroatoms. The quantitative estimate of drug-likeness (QED) is 0.528. The second-order valence-electron chi connectivity index (χ2n) is 5.05. The zero-order valence-electron chi connectivity index (χ0n) is 12.1. The first-order valence-electron chi connectivity index (χ1n) is 6.84. The van der Waals surface area contributed by atoms with Crippen LogP contribution in [0.4, 0.5) is 8.78 Å². The number of nitrogens with zero attached hydrogens (tertiary/aromatic N) is 1. The summed E-state index contributed by atoms with van der Waals surface area (Å²) in [5.41, 5.74) is 2.07. The van der Waals surface area contributed by atoms with Gasteiger partial charge >= 0.3 is 0 Å². The highest BCUT2D eigenvalue weighted by Crippen LogP contribution is 2.41. The fourth-order valence-corrected chi connectivity index (χ4v) is 2.90. The Morgan fingerprint density at radius 1 is 0.826 bits per heavy atom. The molecular formula is C18H11Cl2F2N. The molecule has 0 unspecified atom stereocenters.